The van der Waals surface area contributed by atoms with Crippen LogP contribution in [0.2, 0.25) is 0 Å². The van der Waals surface area contributed by atoms with Crippen LogP contribution in [0.4, 0.5) is 4.79 Å². The van der Waals surface area contributed by atoms with Gasteiger partial charge in [-0.1, -0.05) is 12.1 Å². The van der Waals surface area contributed by atoms with Crippen molar-refractivity contribution in [3.8, 4) is 5.75 Å². The van der Waals surface area contributed by atoms with Gasteiger partial charge in [-0.3, -0.25) is 4.90 Å². The molecule has 25 heavy (non-hydrogen) atoms. The maximum absolute atomic E-state index is 12.5. The third-order valence-corrected chi connectivity index (χ3v) is 4.13. The highest BCUT2D eigenvalue weighted by Gasteiger charge is 2.41. The number of carboxylic acids is 1. The molecule has 0 aromatic heterocycles. The molecule has 2 unspecified atom stereocenters. The highest BCUT2D eigenvalue weighted by atomic mass is 16.6. The zero-order valence-electron chi connectivity index (χ0n) is 15.3. The molecule has 2 rings (SSSR count). The fourth-order valence-electron chi connectivity index (χ4n) is 3.15. The van der Waals surface area contributed by atoms with Crippen LogP contribution in [0, 0.1) is 0 Å². The fraction of sp³-hybridized carbons (Fsp3) is 0.579. The van der Waals surface area contributed by atoms with Crippen molar-refractivity contribution in [2.75, 3.05) is 13.2 Å². The molecule has 1 aliphatic rings. The number of piperidine rings is 1. The quantitative estimate of drug-likeness (QED) is 0.898. The Morgan fingerprint density at radius 3 is 2.40 bits per heavy atom. The first-order valence-corrected chi connectivity index (χ1v) is 8.68. The summed E-state index contributed by atoms with van der Waals surface area (Å²) in [7, 11) is 0. The van der Waals surface area contributed by atoms with Gasteiger partial charge in [0.05, 0.1) is 6.61 Å². The number of carbonyl (C=O) groups is 2. The number of hydrogen-bond acceptors (Lipinski definition) is 4. The highest BCUT2D eigenvalue weighted by molar-refractivity contribution is 5.81. The fourth-order valence-corrected chi connectivity index (χ4v) is 3.15. The smallest absolute Gasteiger partial charge is 0.411 e. The Labute approximate surface area is 148 Å². The minimum atomic E-state index is -1.01. The van der Waals surface area contributed by atoms with Crippen LogP contribution in [0.5, 0.6) is 5.75 Å². The van der Waals surface area contributed by atoms with E-state index in [-0.39, 0.29) is 5.92 Å². The lowest BCUT2D eigenvalue weighted by atomic mass is 9.83. The van der Waals surface area contributed by atoms with Crippen molar-refractivity contribution in [1.82, 2.24) is 4.90 Å². The third-order valence-electron chi connectivity index (χ3n) is 4.13. The average molecular weight is 349 g/mol. The summed E-state index contributed by atoms with van der Waals surface area (Å²) in [6.07, 6.45) is 0.876. The van der Waals surface area contributed by atoms with E-state index in [2.05, 4.69) is 0 Å². The molecule has 0 aliphatic carbocycles. The van der Waals surface area contributed by atoms with Crippen LogP contribution < -0.4 is 4.74 Å². The molecular formula is C19H27NO5. The molecule has 0 bridgehead atoms. The lowest BCUT2D eigenvalue weighted by Crippen LogP contribution is -2.53. The zero-order chi connectivity index (χ0) is 18.6. The second kappa shape index (κ2) is 7.76. The summed E-state index contributed by atoms with van der Waals surface area (Å²) in [4.78, 5) is 25.7. The van der Waals surface area contributed by atoms with Crippen LogP contribution in [0.1, 0.15) is 52.0 Å². The van der Waals surface area contributed by atoms with Gasteiger partial charge in [0.15, 0.2) is 0 Å². The Hall–Kier alpha value is -2.24. The number of nitrogens with zero attached hydrogens (tertiary/aromatic N) is 1. The molecule has 1 amide bonds. The van der Waals surface area contributed by atoms with Crippen molar-refractivity contribution in [3.63, 3.8) is 0 Å². The largest absolute Gasteiger partial charge is 0.494 e. The van der Waals surface area contributed by atoms with Gasteiger partial charge in [-0.05, 0) is 58.2 Å². The van der Waals surface area contributed by atoms with Crippen LogP contribution in [-0.4, -0.2) is 46.9 Å². The van der Waals surface area contributed by atoms with Gasteiger partial charge in [-0.15, -0.1) is 0 Å². The maximum atomic E-state index is 12.5. The first-order valence-electron chi connectivity index (χ1n) is 8.68. The second-order valence-electron chi connectivity index (χ2n) is 7.21. The molecule has 0 saturated carbocycles. The summed E-state index contributed by atoms with van der Waals surface area (Å²) in [5.74, 6) is -0.531. The number of hydrogen-bond donors (Lipinski definition) is 1. The molecule has 1 aliphatic heterocycles. The Balaban J connectivity index is 2.25. The Morgan fingerprint density at radius 2 is 1.88 bits per heavy atom. The van der Waals surface area contributed by atoms with Crippen molar-refractivity contribution in [2.45, 2.75) is 58.1 Å². The molecule has 1 fully saturated rings. The molecule has 1 N–H and O–H groups in total. The van der Waals surface area contributed by atoms with Crippen LogP contribution in [0.15, 0.2) is 24.3 Å². The topological polar surface area (TPSA) is 76.1 Å². The van der Waals surface area contributed by atoms with Gasteiger partial charge < -0.3 is 14.6 Å². The lowest BCUT2D eigenvalue weighted by molar-refractivity contribution is -0.145. The highest BCUT2D eigenvalue weighted by Crippen LogP contribution is 2.34. The molecule has 0 radical (unpaired) electrons. The van der Waals surface area contributed by atoms with E-state index in [4.69, 9.17) is 9.47 Å². The van der Waals surface area contributed by atoms with Crippen LogP contribution in [-0.2, 0) is 9.53 Å². The van der Waals surface area contributed by atoms with Crippen LogP contribution in [0.3, 0.4) is 0 Å². The van der Waals surface area contributed by atoms with Crippen molar-refractivity contribution in [3.05, 3.63) is 29.8 Å². The first kappa shape index (κ1) is 19.1. The number of aliphatic carboxylic acids is 1. The van der Waals surface area contributed by atoms with E-state index < -0.39 is 23.7 Å². The molecular weight excluding hydrogens is 322 g/mol. The van der Waals surface area contributed by atoms with Crippen LogP contribution >= 0.6 is 0 Å². The third kappa shape index (κ3) is 4.87. The predicted octanol–water partition coefficient (Wildman–Crippen LogP) is 3.65. The Kier molecular flexibility index (Phi) is 5.93. The average Bonchev–Trinajstić information content (AvgIpc) is 2.53. The van der Waals surface area contributed by atoms with E-state index in [1.807, 2.05) is 31.2 Å². The SMILES string of the molecule is CCOc1ccc(C2CCCN(C(=O)OC(C)(C)C)C2C(=O)O)cc1. The van der Waals surface area contributed by atoms with Crippen molar-refractivity contribution in [2.24, 2.45) is 0 Å². The van der Waals surface area contributed by atoms with Crippen LogP contribution in [0.25, 0.3) is 0 Å². The molecule has 1 aromatic carbocycles. The van der Waals surface area contributed by atoms with E-state index in [0.717, 1.165) is 17.7 Å². The maximum Gasteiger partial charge on any atom is 0.411 e. The van der Waals surface area contributed by atoms with Gasteiger partial charge in [0.25, 0.3) is 0 Å². The van der Waals surface area contributed by atoms with Gasteiger partial charge in [-0.2, -0.15) is 0 Å². The standard InChI is InChI=1S/C19H27NO5/c1-5-24-14-10-8-13(9-11-14)15-7-6-12-20(16(15)17(21)22)18(23)25-19(2,3)4/h8-11,15-16H,5-7,12H2,1-4H3,(H,21,22). The summed E-state index contributed by atoms with van der Waals surface area (Å²) in [5.41, 5.74) is 0.232. The molecule has 6 nitrogen and oxygen atoms in total. The summed E-state index contributed by atoms with van der Waals surface area (Å²) in [6.45, 7) is 8.19. The molecule has 6 heteroatoms. The second-order valence-corrected chi connectivity index (χ2v) is 7.21. The summed E-state index contributed by atoms with van der Waals surface area (Å²) in [5, 5.41) is 9.75. The number of ether oxygens (including phenoxy) is 2. The number of amides is 1. The predicted molar refractivity (Wildman–Crippen MR) is 93.9 cm³/mol. The lowest BCUT2D eigenvalue weighted by Gasteiger charge is -2.39. The number of benzene rings is 1. The number of rotatable bonds is 4. The molecule has 2 atom stereocenters. The Morgan fingerprint density at radius 1 is 1.24 bits per heavy atom. The molecule has 1 saturated heterocycles. The normalized spacial score (nSPS) is 20.9. The minimum Gasteiger partial charge on any atom is -0.494 e. The first-order chi connectivity index (χ1) is 11.7. The molecule has 1 heterocycles. The van der Waals surface area contributed by atoms with E-state index >= 15 is 0 Å². The van der Waals surface area contributed by atoms with E-state index in [0.29, 0.717) is 19.6 Å². The van der Waals surface area contributed by atoms with Gasteiger partial charge in [0.2, 0.25) is 0 Å². The summed E-state index contributed by atoms with van der Waals surface area (Å²) >= 11 is 0. The minimum absolute atomic E-state index is 0.269. The number of likely N-dealkylation sites (tertiary alicyclic amines) is 1. The molecule has 1 aromatic rings. The van der Waals surface area contributed by atoms with Gasteiger partial charge in [-0.25, -0.2) is 9.59 Å². The van der Waals surface area contributed by atoms with Gasteiger partial charge in [0, 0.05) is 12.5 Å². The van der Waals surface area contributed by atoms with E-state index in [1.165, 1.54) is 4.90 Å². The molecule has 138 valence electrons. The number of carbonyl (C=O) groups excluding carboxylic acids is 1. The van der Waals surface area contributed by atoms with Gasteiger partial charge >= 0.3 is 12.1 Å². The molecule has 0 spiro atoms. The zero-order valence-corrected chi connectivity index (χ0v) is 15.3. The summed E-state index contributed by atoms with van der Waals surface area (Å²) < 4.78 is 10.8. The van der Waals surface area contributed by atoms with Crippen molar-refractivity contribution < 1.29 is 24.2 Å². The van der Waals surface area contributed by atoms with Crippen molar-refractivity contribution in [1.29, 1.82) is 0 Å². The van der Waals surface area contributed by atoms with E-state index in [1.54, 1.807) is 20.8 Å². The monoisotopic (exact) mass is 349 g/mol. The summed E-state index contributed by atoms with van der Waals surface area (Å²) in [6, 6.07) is 6.50. The van der Waals surface area contributed by atoms with Crippen molar-refractivity contribution >= 4 is 12.1 Å². The Bertz CT molecular complexity index is 605. The number of carboxylic acid groups (broad SMARTS) is 1. The van der Waals surface area contributed by atoms with Gasteiger partial charge in [0.1, 0.15) is 17.4 Å². The van der Waals surface area contributed by atoms with E-state index in [9.17, 15) is 14.7 Å².